The summed E-state index contributed by atoms with van der Waals surface area (Å²) in [6.07, 6.45) is 4.92. The number of halogens is 1. The maximum atomic E-state index is 12.7. The van der Waals surface area contributed by atoms with E-state index in [1.807, 2.05) is 88.9 Å². The summed E-state index contributed by atoms with van der Waals surface area (Å²) < 4.78 is 0. The second-order valence-corrected chi connectivity index (χ2v) is 20.3. The summed E-state index contributed by atoms with van der Waals surface area (Å²) in [7, 11) is 12.2. The van der Waals surface area contributed by atoms with Gasteiger partial charge in [-0.3, -0.25) is 24.0 Å². The second kappa shape index (κ2) is 42.3. The van der Waals surface area contributed by atoms with Gasteiger partial charge in [-0.2, -0.15) is 22.4 Å². The summed E-state index contributed by atoms with van der Waals surface area (Å²) in [5, 5.41) is 17.1. The number of urea groups is 1. The standard InChI is InChI=1S/C36H48N6O4.C22H22N4O2.C5H14N2.BI.U/c1-41(2)22-6-5-8-33(43)24-27-9-11-28(12-10-27)25-38-34(44)30-15-17-31(18-16-30)35(45)39-26-29-13-19-32(20-14-29)40-36(46)37-21-7-23-42(3)4;23-19-9-1-15(2-10-19)13-25-21(27)17-5-7-18(8-6-17)22(28)26-14-16-3-11-20(24)12-4-16;1-7(2)5-3-4-6;1-2;/h9-20H,5-8,21-26H2,1-4H3,(H,38,44)(H,39,45)(H2,37,40,46);1-12H,13-14,23-24H2,(H,25,27)(H,26,28);3-6H2,1-2H3;;. The van der Waals surface area contributed by atoms with Gasteiger partial charge in [0.25, 0.3) is 23.6 Å². The molecule has 0 spiro atoms. The number of Topliss-reactive ketones (excluding diaryl/α,β-unsaturated/α-hetero) is 1. The topological polar surface area (TPSA) is 262 Å². The van der Waals surface area contributed by atoms with E-state index in [1.165, 1.54) is 0 Å². The van der Waals surface area contributed by atoms with Crippen molar-refractivity contribution in [1.29, 1.82) is 0 Å². The molecule has 0 aliphatic heterocycles. The predicted octanol–water partition coefficient (Wildman–Crippen LogP) is 7.58. The van der Waals surface area contributed by atoms with E-state index in [0.29, 0.717) is 84.9 Å². The molecule has 0 unspecified atom stereocenters. The van der Waals surface area contributed by atoms with Gasteiger partial charge >= 0.3 is 6.03 Å². The number of hydrogen-bond donors (Lipinski definition) is 9. The molecular formula is C63H84BIN12O6U. The summed E-state index contributed by atoms with van der Waals surface area (Å²) >= 11 is 1.65. The third-order valence-electron chi connectivity index (χ3n) is 12.4. The number of anilines is 3. The van der Waals surface area contributed by atoms with Gasteiger partial charge in [0.15, 0.2) is 5.70 Å². The number of unbranched alkanes of at least 4 members (excludes halogenated alkanes) is 1. The third-order valence-corrected chi connectivity index (χ3v) is 12.4. The first kappa shape index (κ1) is 73.5. The van der Waals surface area contributed by atoms with Crippen LogP contribution in [0.1, 0.15) is 101 Å². The van der Waals surface area contributed by atoms with Crippen molar-refractivity contribution in [3.8, 4) is 0 Å². The number of nitrogen functional groups attached to an aromatic ring is 2. The molecule has 0 aromatic heterocycles. The average Bonchev–Trinajstić information content (AvgIpc) is 3.67. The van der Waals surface area contributed by atoms with E-state index in [0.717, 1.165) is 79.7 Å². The minimum Gasteiger partial charge on any atom is -0.399 e. The number of nitrogens with two attached hydrogens (primary N) is 3. The molecule has 0 bridgehead atoms. The molecule has 6 aromatic carbocycles. The molecule has 0 aliphatic rings. The van der Waals surface area contributed by atoms with Crippen LogP contribution in [-0.2, 0) is 37.4 Å². The molecule has 6 aromatic rings. The number of ketones is 1. The van der Waals surface area contributed by atoms with Gasteiger partial charge in [0, 0.05) is 116 Å². The average molecular weight is 1480 g/mol. The van der Waals surface area contributed by atoms with Gasteiger partial charge in [-0.25, -0.2) is 4.79 Å². The second-order valence-electron chi connectivity index (χ2n) is 20.3. The summed E-state index contributed by atoms with van der Waals surface area (Å²) in [5.74, 6) is -0.651. The number of hydrogen-bond acceptors (Lipinski definition) is 12. The Morgan fingerprint density at radius 1 is 0.417 bits per heavy atom. The van der Waals surface area contributed by atoms with E-state index in [-0.39, 0.29) is 66.6 Å². The number of nitrogens with one attached hydrogen (secondary N) is 6. The quantitative estimate of drug-likeness (QED) is 0.0105. The molecule has 0 heterocycles. The SMILES string of the molecule is CN(C)CCCCC(=O)Cc1ccc(CNC(=O)c2ccc(C(=O)NCc3ccc(NC(=O)NCCCN(C)C)cc3)cc2)cc1.CN(C)CCCN.Nc1ccc(CNC(=O)c2ccc(C(=O)NCc3ccc(N)cc3)cc2)cc1.[B]I.[U]. The summed E-state index contributed by atoms with van der Waals surface area (Å²) in [5.41, 5.74) is 29.6. The molecule has 0 atom stereocenters. The smallest absolute Gasteiger partial charge is 0.319 e. The van der Waals surface area contributed by atoms with E-state index in [9.17, 15) is 28.8 Å². The van der Waals surface area contributed by atoms with Crippen molar-refractivity contribution in [2.24, 2.45) is 5.73 Å². The van der Waals surface area contributed by atoms with Crippen LogP contribution < -0.4 is 49.1 Å². The Morgan fingerprint density at radius 3 is 1.06 bits per heavy atom. The number of rotatable bonds is 27. The molecule has 0 fully saturated rings. The fraction of sp³-hybridized carbons (Fsp3) is 0.333. The van der Waals surface area contributed by atoms with Gasteiger partial charge in [-0.1, -0.05) is 60.7 Å². The van der Waals surface area contributed by atoms with Crippen molar-refractivity contribution in [2.45, 2.75) is 64.7 Å². The minimum atomic E-state index is -0.253. The third kappa shape index (κ3) is 31.4. The molecule has 84 heavy (non-hydrogen) atoms. The fourth-order valence-electron chi connectivity index (χ4n) is 7.68. The fourth-order valence-corrected chi connectivity index (χ4v) is 7.68. The van der Waals surface area contributed by atoms with Gasteiger partial charge in [-0.05, 0) is 207 Å². The van der Waals surface area contributed by atoms with Crippen LogP contribution in [0, 0.1) is 31.1 Å². The Morgan fingerprint density at radius 2 is 0.726 bits per heavy atom. The molecule has 12 N–H and O–H groups in total. The van der Waals surface area contributed by atoms with Crippen molar-refractivity contribution < 1.29 is 59.9 Å². The Hall–Kier alpha value is -6.57. The Balaban J connectivity index is 0.000000535. The molecule has 18 nitrogen and oxygen atoms in total. The molecule has 21 heteroatoms. The first-order valence-electron chi connectivity index (χ1n) is 27.5. The number of benzene rings is 6. The zero-order valence-corrected chi connectivity index (χ0v) is 55.8. The summed E-state index contributed by atoms with van der Waals surface area (Å²) in [4.78, 5) is 80.5. The molecule has 446 valence electrons. The molecular weight excluding hydrogens is 1400 g/mol. The van der Waals surface area contributed by atoms with Crippen LogP contribution in [-0.4, -0.2) is 131 Å². The van der Waals surface area contributed by atoms with Crippen LogP contribution >= 0.6 is 22.4 Å². The number of amides is 6. The summed E-state index contributed by atoms with van der Waals surface area (Å²) in [6, 6.07) is 42.4. The van der Waals surface area contributed by atoms with Crippen molar-refractivity contribution in [3.63, 3.8) is 0 Å². The van der Waals surface area contributed by atoms with Gasteiger partial charge in [0.2, 0.25) is 0 Å². The van der Waals surface area contributed by atoms with E-state index in [4.69, 9.17) is 17.2 Å². The van der Waals surface area contributed by atoms with E-state index >= 15 is 0 Å². The van der Waals surface area contributed by atoms with Gasteiger partial charge in [0.1, 0.15) is 5.78 Å². The van der Waals surface area contributed by atoms with Gasteiger partial charge in [0.05, 0.1) is 0 Å². The number of carbonyl (C=O) groups is 6. The normalized spacial score (nSPS) is 10.3. The maximum Gasteiger partial charge on any atom is 0.319 e. The van der Waals surface area contributed by atoms with Crippen LogP contribution in [0.4, 0.5) is 21.9 Å². The Labute approximate surface area is 535 Å². The molecule has 0 saturated carbocycles. The van der Waals surface area contributed by atoms with Gasteiger partial charge < -0.3 is 63.8 Å². The van der Waals surface area contributed by atoms with Crippen molar-refractivity contribution in [1.82, 2.24) is 41.3 Å². The van der Waals surface area contributed by atoms with E-state index in [2.05, 4.69) is 66.4 Å². The number of nitrogens with zero attached hydrogens (tertiary/aromatic N) is 3. The molecule has 0 aliphatic carbocycles. The first-order valence-corrected chi connectivity index (χ1v) is 28.7. The molecule has 0 saturated heterocycles. The van der Waals surface area contributed by atoms with E-state index < -0.39 is 0 Å². The predicted molar refractivity (Wildman–Crippen MR) is 345 cm³/mol. The van der Waals surface area contributed by atoms with Crippen molar-refractivity contribution in [2.75, 3.05) is 91.8 Å². The number of carbonyl (C=O) groups excluding carboxylic acids is 6. The van der Waals surface area contributed by atoms with Crippen molar-refractivity contribution in [3.05, 3.63) is 196 Å². The largest absolute Gasteiger partial charge is 0.399 e. The Kier molecular flexibility index (Phi) is 37.0. The first-order chi connectivity index (χ1) is 39.9. The molecule has 2 radical (unpaired) electrons. The maximum absolute atomic E-state index is 12.7. The van der Waals surface area contributed by atoms with E-state index in [1.54, 1.807) is 107 Å². The van der Waals surface area contributed by atoms with Crippen LogP contribution in [0.3, 0.4) is 0 Å². The summed E-state index contributed by atoms with van der Waals surface area (Å²) in [6.45, 7) is 5.89. The van der Waals surface area contributed by atoms with Gasteiger partial charge in [-0.15, -0.1) is 0 Å². The zero-order valence-electron chi connectivity index (χ0n) is 49.4. The van der Waals surface area contributed by atoms with Crippen LogP contribution in [0.5, 0.6) is 0 Å². The monoisotopic (exact) mass is 1480 g/mol. The van der Waals surface area contributed by atoms with Crippen molar-refractivity contribution >= 4 is 80.6 Å². The van der Waals surface area contributed by atoms with Crippen LogP contribution in [0.25, 0.3) is 0 Å². The Bertz CT molecular complexity index is 2680. The molecule has 6 amide bonds. The molecule has 6 rings (SSSR count). The minimum absolute atomic E-state index is 0. The van der Waals surface area contributed by atoms with Crippen LogP contribution in [0.15, 0.2) is 146 Å². The zero-order chi connectivity index (χ0) is 60.9. The van der Waals surface area contributed by atoms with Crippen LogP contribution in [0.2, 0.25) is 0 Å².